The van der Waals surface area contributed by atoms with Gasteiger partial charge in [-0.05, 0) is 39.8 Å². The molecule has 1 atom stereocenters. The van der Waals surface area contributed by atoms with E-state index < -0.39 is 27.5 Å². The molecule has 9 heteroatoms. The molecule has 2 rings (SSSR count). The van der Waals surface area contributed by atoms with Crippen molar-refractivity contribution in [3.05, 3.63) is 36.4 Å². The fourth-order valence-corrected chi connectivity index (χ4v) is 2.87. The van der Waals surface area contributed by atoms with Crippen LogP contribution in [0.1, 0.15) is 39.4 Å². The van der Waals surface area contributed by atoms with Gasteiger partial charge in [-0.15, -0.1) is 0 Å². The van der Waals surface area contributed by atoms with Gasteiger partial charge in [-0.2, -0.15) is 4.36 Å². The number of ether oxygens (including phenoxy) is 1. The monoisotopic (exact) mass is 391 g/mol. The van der Waals surface area contributed by atoms with Crippen LogP contribution in [0.4, 0.5) is 10.5 Å². The number of nitrogens with zero attached hydrogens (tertiary/aromatic N) is 4. The van der Waals surface area contributed by atoms with E-state index in [1.54, 1.807) is 64.7 Å². The molecular weight excluding hydrogens is 366 g/mol. The molecule has 2 aromatic rings. The minimum Gasteiger partial charge on any atom is -0.444 e. The van der Waals surface area contributed by atoms with E-state index >= 15 is 0 Å². The van der Waals surface area contributed by atoms with E-state index in [2.05, 4.69) is 24.6 Å². The Hall–Kier alpha value is -2.55. The minimum absolute atomic E-state index is 0.431. The van der Waals surface area contributed by atoms with Crippen molar-refractivity contribution in [3.8, 4) is 11.4 Å². The lowest BCUT2D eigenvalue weighted by atomic mass is 10.1. The van der Waals surface area contributed by atoms with E-state index in [-0.39, 0.29) is 0 Å². The maximum Gasteiger partial charge on any atom is 0.408 e. The average molecular weight is 391 g/mol. The van der Waals surface area contributed by atoms with Crippen LogP contribution >= 0.6 is 0 Å². The average Bonchev–Trinajstić information content (AvgIpc) is 2.52. The van der Waals surface area contributed by atoms with E-state index in [1.807, 2.05) is 0 Å². The van der Waals surface area contributed by atoms with Crippen LogP contribution < -0.4 is 5.32 Å². The number of hydrogen-bond acceptors (Lipinski definition) is 7. The maximum absolute atomic E-state index is 12.0. The first-order valence-corrected chi connectivity index (χ1v) is 10.7. The van der Waals surface area contributed by atoms with Crippen molar-refractivity contribution in [2.75, 3.05) is 12.5 Å². The molecule has 146 valence electrons. The quantitative estimate of drug-likeness (QED) is 0.855. The summed E-state index contributed by atoms with van der Waals surface area (Å²) in [6.07, 6.45) is 7.24. The Morgan fingerprint density at radius 1 is 1.19 bits per heavy atom. The molecule has 0 fully saturated rings. The van der Waals surface area contributed by atoms with E-state index in [1.165, 1.54) is 6.20 Å². The number of nitrogens with one attached hydrogen (secondary N) is 1. The summed E-state index contributed by atoms with van der Waals surface area (Å²) in [6, 6.07) is 3.02. The first-order chi connectivity index (χ1) is 12.4. The molecule has 1 N–H and O–H groups in total. The SMILES string of the molecule is C[C@H](NC(=O)OC(C)(C)C)c1nccnc1-c1ccc(N=S(C)(C)=O)cn1. The highest BCUT2D eigenvalue weighted by Crippen LogP contribution is 2.24. The second-order valence-corrected chi connectivity index (χ2v) is 9.88. The van der Waals surface area contributed by atoms with Gasteiger partial charge >= 0.3 is 6.09 Å². The highest BCUT2D eigenvalue weighted by Gasteiger charge is 2.21. The lowest BCUT2D eigenvalue weighted by Gasteiger charge is -2.22. The largest absolute Gasteiger partial charge is 0.444 e. The molecular formula is C18H25N5O3S. The molecule has 0 aliphatic carbocycles. The third-order valence-electron chi connectivity index (χ3n) is 3.19. The molecule has 2 heterocycles. The molecule has 8 nitrogen and oxygen atoms in total. The van der Waals surface area contributed by atoms with Gasteiger partial charge in [0.25, 0.3) is 0 Å². The zero-order chi connectivity index (χ0) is 20.2. The fourth-order valence-electron chi connectivity index (χ4n) is 2.25. The van der Waals surface area contributed by atoms with Crippen LogP contribution in [0.5, 0.6) is 0 Å². The second kappa shape index (κ2) is 7.99. The molecule has 0 aromatic carbocycles. The molecule has 1 amide bonds. The fraction of sp³-hybridized carbons (Fsp3) is 0.444. The molecule has 0 saturated heterocycles. The Morgan fingerprint density at radius 2 is 1.85 bits per heavy atom. The smallest absolute Gasteiger partial charge is 0.408 e. The van der Waals surface area contributed by atoms with Crippen molar-refractivity contribution >= 4 is 21.5 Å². The molecule has 0 aliphatic rings. The standard InChI is InChI=1S/C18H25N5O3S/c1-12(22-17(24)26-18(2,3)4)15-16(20-10-9-19-15)14-8-7-13(11-21-14)23-27(5,6)25/h7-12H,1-6H3,(H,22,24)/t12-/m0/s1. The molecule has 0 bridgehead atoms. The Bertz CT molecular complexity index is 921. The van der Waals surface area contributed by atoms with Crippen LogP contribution in [0.25, 0.3) is 11.4 Å². The number of hydrogen-bond donors (Lipinski definition) is 1. The van der Waals surface area contributed by atoms with E-state index in [9.17, 15) is 9.00 Å². The number of carbonyl (C=O) groups is 1. The predicted molar refractivity (Wildman–Crippen MR) is 105 cm³/mol. The highest BCUT2D eigenvalue weighted by atomic mass is 32.2. The van der Waals surface area contributed by atoms with Gasteiger partial charge in [-0.1, -0.05) is 0 Å². The Balaban J connectivity index is 2.27. The van der Waals surface area contributed by atoms with Crippen molar-refractivity contribution in [2.45, 2.75) is 39.3 Å². The zero-order valence-corrected chi connectivity index (χ0v) is 17.2. The highest BCUT2D eigenvalue weighted by molar-refractivity contribution is 7.92. The molecule has 0 saturated carbocycles. The van der Waals surface area contributed by atoms with E-state index in [4.69, 9.17) is 4.74 Å². The first kappa shape index (κ1) is 20.8. The summed E-state index contributed by atoms with van der Waals surface area (Å²) < 4.78 is 21.2. The predicted octanol–water partition coefficient (Wildman–Crippen LogP) is 3.48. The van der Waals surface area contributed by atoms with E-state index in [0.717, 1.165) is 0 Å². The third kappa shape index (κ3) is 6.59. The number of alkyl carbamates (subject to hydrolysis) is 1. The molecule has 0 radical (unpaired) electrons. The summed E-state index contributed by atoms with van der Waals surface area (Å²) >= 11 is 0. The summed E-state index contributed by atoms with van der Waals surface area (Å²) in [5, 5.41) is 2.76. The number of carbonyl (C=O) groups excluding carboxylic acids is 1. The van der Waals surface area contributed by atoms with Crippen molar-refractivity contribution in [3.63, 3.8) is 0 Å². The Morgan fingerprint density at radius 3 is 2.41 bits per heavy atom. The van der Waals surface area contributed by atoms with Crippen LogP contribution in [0.2, 0.25) is 0 Å². The van der Waals surface area contributed by atoms with Crippen LogP contribution in [-0.4, -0.2) is 43.4 Å². The van der Waals surface area contributed by atoms with Gasteiger partial charge < -0.3 is 10.1 Å². The molecule has 2 aromatic heterocycles. The van der Waals surface area contributed by atoms with Crippen molar-refractivity contribution in [1.29, 1.82) is 0 Å². The summed E-state index contributed by atoms with van der Waals surface area (Å²) in [5.74, 6) is 0. The molecule has 0 spiro atoms. The topological polar surface area (TPSA) is 106 Å². The van der Waals surface area contributed by atoms with Gasteiger partial charge in [-0.3, -0.25) is 15.0 Å². The Kier molecular flexibility index (Phi) is 6.15. The second-order valence-electron chi connectivity index (χ2n) is 7.33. The zero-order valence-electron chi connectivity index (χ0n) is 16.4. The third-order valence-corrected chi connectivity index (χ3v) is 3.84. The summed E-state index contributed by atoms with van der Waals surface area (Å²) in [6.45, 7) is 7.19. The van der Waals surface area contributed by atoms with Crippen molar-refractivity contribution in [1.82, 2.24) is 20.3 Å². The number of pyridine rings is 1. The summed E-state index contributed by atoms with van der Waals surface area (Å²) in [7, 11) is -2.26. The van der Waals surface area contributed by atoms with Crippen LogP contribution in [-0.2, 0) is 14.5 Å². The number of aromatic nitrogens is 3. The summed E-state index contributed by atoms with van der Waals surface area (Å²) in [4.78, 5) is 25.1. The van der Waals surface area contributed by atoms with E-state index in [0.29, 0.717) is 22.8 Å². The van der Waals surface area contributed by atoms with Gasteiger partial charge in [0, 0.05) is 34.6 Å². The Labute approximate surface area is 160 Å². The number of amides is 1. The van der Waals surface area contributed by atoms with Crippen molar-refractivity contribution < 1.29 is 13.7 Å². The summed E-state index contributed by atoms with van der Waals surface area (Å²) in [5.41, 5.74) is 1.62. The van der Waals surface area contributed by atoms with Crippen LogP contribution in [0.15, 0.2) is 35.1 Å². The van der Waals surface area contributed by atoms with Crippen LogP contribution in [0.3, 0.4) is 0 Å². The molecule has 0 aliphatic heterocycles. The molecule has 0 unspecified atom stereocenters. The molecule has 27 heavy (non-hydrogen) atoms. The van der Waals surface area contributed by atoms with Crippen molar-refractivity contribution in [2.24, 2.45) is 4.36 Å². The van der Waals surface area contributed by atoms with Gasteiger partial charge in [0.1, 0.15) is 11.3 Å². The van der Waals surface area contributed by atoms with Gasteiger partial charge in [-0.25, -0.2) is 9.00 Å². The van der Waals surface area contributed by atoms with Crippen LogP contribution in [0, 0.1) is 0 Å². The van der Waals surface area contributed by atoms with Gasteiger partial charge in [0.2, 0.25) is 0 Å². The lowest BCUT2D eigenvalue weighted by Crippen LogP contribution is -2.34. The normalized spacial score (nSPS) is 13.0. The van der Waals surface area contributed by atoms with Gasteiger partial charge in [0.05, 0.1) is 29.3 Å². The maximum atomic E-state index is 12.0. The van der Waals surface area contributed by atoms with Gasteiger partial charge in [0.15, 0.2) is 0 Å². The number of rotatable bonds is 4. The minimum atomic E-state index is -2.26. The lowest BCUT2D eigenvalue weighted by molar-refractivity contribution is 0.0507. The first-order valence-electron chi connectivity index (χ1n) is 8.38.